The Morgan fingerprint density at radius 2 is 1.60 bits per heavy atom. The van der Waals surface area contributed by atoms with Crippen molar-refractivity contribution in [2.24, 2.45) is 13.0 Å². The number of hydrogen-bond donors (Lipinski definition) is 0. The molecule has 0 aliphatic carbocycles. The molecule has 0 amide bonds. The molecule has 4 rings (SSSR count). The first kappa shape index (κ1) is 19.8. The van der Waals surface area contributed by atoms with Crippen LogP contribution in [0.2, 0.25) is 0 Å². The van der Waals surface area contributed by atoms with E-state index >= 15 is 0 Å². The zero-order valence-electron chi connectivity index (χ0n) is 17.4. The Balaban J connectivity index is 1.50. The van der Waals surface area contributed by atoms with Crippen molar-refractivity contribution >= 4 is 0 Å². The summed E-state index contributed by atoms with van der Waals surface area (Å²) in [6.07, 6.45) is 1.78. The molecule has 4 aromatic rings. The maximum Gasteiger partial charge on any atom is 0.181 e. The molecule has 6 heteroatoms. The van der Waals surface area contributed by atoms with Crippen LogP contribution < -0.4 is 4.74 Å². The normalized spacial score (nSPS) is 12.1. The molecule has 2 heterocycles. The van der Waals surface area contributed by atoms with Gasteiger partial charge in [-0.15, -0.1) is 5.10 Å². The summed E-state index contributed by atoms with van der Waals surface area (Å²) in [6.45, 7) is 4.96. The van der Waals surface area contributed by atoms with Gasteiger partial charge in [0.05, 0.1) is 5.69 Å². The van der Waals surface area contributed by atoms with Gasteiger partial charge in [0.2, 0.25) is 0 Å². The minimum atomic E-state index is 0.293. The second-order valence-corrected chi connectivity index (χ2v) is 7.65. The predicted octanol–water partition coefficient (Wildman–Crippen LogP) is 4.64. The van der Waals surface area contributed by atoms with Gasteiger partial charge in [0, 0.05) is 24.7 Å². The van der Waals surface area contributed by atoms with E-state index < -0.39 is 0 Å². The number of aromatic nitrogens is 5. The molecule has 0 saturated heterocycles. The van der Waals surface area contributed by atoms with Crippen molar-refractivity contribution in [3.8, 4) is 17.1 Å². The van der Waals surface area contributed by atoms with Crippen molar-refractivity contribution in [2.45, 2.75) is 26.4 Å². The van der Waals surface area contributed by atoms with Crippen molar-refractivity contribution in [2.75, 3.05) is 0 Å². The average Bonchev–Trinajstić information content (AvgIpc) is 3.20. The molecule has 152 valence electrons. The van der Waals surface area contributed by atoms with Gasteiger partial charge in [0.25, 0.3) is 0 Å². The summed E-state index contributed by atoms with van der Waals surface area (Å²) in [5, 5.41) is 11.7. The van der Waals surface area contributed by atoms with Gasteiger partial charge < -0.3 is 4.74 Å². The van der Waals surface area contributed by atoms with E-state index in [0.717, 1.165) is 22.8 Å². The number of pyridine rings is 1. The predicted molar refractivity (Wildman–Crippen MR) is 116 cm³/mol. The number of tetrazole rings is 1. The molecule has 0 saturated carbocycles. The number of hydrogen-bond acceptors (Lipinski definition) is 5. The Morgan fingerprint density at radius 3 is 2.17 bits per heavy atom. The van der Waals surface area contributed by atoms with E-state index in [9.17, 15) is 0 Å². The van der Waals surface area contributed by atoms with Crippen LogP contribution in [-0.2, 0) is 13.7 Å². The van der Waals surface area contributed by atoms with E-state index in [1.54, 1.807) is 10.9 Å². The molecule has 1 unspecified atom stereocenters. The lowest BCUT2D eigenvalue weighted by atomic mass is 9.82. The largest absolute Gasteiger partial charge is 0.487 e. The second kappa shape index (κ2) is 8.86. The highest BCUT2D eigenvalue weighted by atomic mass is 16.5. The number of benzene rings is 2. The van der Waals surface area contributed by atoms with Crippen molar-refractivity contribution in [3.05, 3.63) is 89.7 Å². The lowest BCUT2D eigenvalue weighted by Gasteiger charge is -2.22. The van der Waals surface area contributed by atoms with E-state index in [2.05, 4.69) is 70.8 Å². The van der Waals surface area contributed by atoms with Gasteiger partial charge in [0.1, 0.15) is 12.4 Å². The highest BCUT2D eigenvalue weighted by Gasteiger charge is 2.19. The maximum absolute atomic E-state index is 5.88. The third-order valence-electron chi connectivity index (χ3n) is 5.17. The molecule has 2 aromatic carbocycles. The topological polar surface area (TPSA) is 65.7 Å². The first-order valence-corrected chi connectivity index (χ1v) is 10.1. The van der Waals surface area contributed by atoms with E-state index in [1.807, 2.05) is 37.4 Å². The zero-order chi connectivity index (χ0) is 20.9. The zero-order valence-corrected chi connectivity index (χ0v) is 17.4. The SMILES string of the molecule is CC(C)C(c1ccc(OCc2ccccn2)cc1)c1ccc(-c2nnnn2C)cc1. The van der Waals surface area contributed by atoms with E-state index in [-0.39, 0.29) is 0 Å². The van der Waals surface area contributed by atoms with Gasteiger partial charge in [-0.3, -0.25) is 4.98 Å². The fraction of sp³-hybridized carbons (Fsp3) is 0.250. The Kier molecular flexibility index (Phi) is 5.84. The Morgan fingerprint density at radius 1 is 0.900 bits per heavy atom. The number of rotatable bonds is 7. The molecule has 0 fully saturated rings. The molecule has 2 aromatic heterocycles. The molecule has 30 heavy (non-hydrogen) atoms. The second-order valence-electron chi connectivity index (χ2n) is 7.65. The van der Waals surface area contributed by atoms with E-state index in [4.69, 9.17) is 4.74 Å². The lowest BCUT2D eigenvalue weighted by Crippen LogP contribution is -2.09. The van der Waals surface area contributed by atoms with Crippen LogP contribution in [0.4, 0.5) is 0 Å². The summed E-state index contributed by atoms with van der Waals surface area (Å²) in [4.78, 5) is 4.29. The summed E-state index contributed by atoms with van der Waals surface area (Å²) in [7, 11) is 1.84. The molecular formula is C24H25N5O. The molecule has 6 nitrogen and oxygen atoms in total. The molecule has 0 N–H and O–H groups in total. The number of aryl methyl sites for hydroxylation is 1. The third kappa shape index (κ3) is 4.38. The third-order valence-corrected chi connectivity index (χ3v) is 5.17. The standard InChI is InChI=1S/C24H25N5O/c1-17(2)23(18-7-9-20(10-8-18)24-26-27-28-29(24)3)19-11-13-22(14-12-19)30-16-21-6-4-5-15-25-21/h4-15,17,23H,16H2,1-3H3. The average molecular weight is 399 g/mol. The van der Waals surface area contributed by atoms with Crippen molar-refractivity contribution in [3.63, 3.8) is 0 Å². The van der Waals surface area contributed by atoms with Crippen LogP contribution in [0.3, 0.4) is 0 Å². The fourth-order valence-electron chi connectivity index (χ4n) is 3.69. The van der Waals surface area contributed by atoms with Crippen LogP contribution in [0, 0.1) is 5.92 Å². The van der Waals surface area contributed by atoms with Gasteiger partial charge in [0.15, 0.2) is 5.82 Å². The minimum absolute atomic E-state index is 0.293. The van der Waals surface area contributed by atoms with Crippen molar-refractivity contribution in [1.82, 2.24) is 25.2 Å². The first-order valence-electron chi connectivity index (χ1n) is 10.1. The number of nitrogens with zero attached hydrogens (tertiary/aromatic N) is 5. The molecule has 1 atom stereocenters. The maximum atomic E-state index is 5.88. The molecular weight excluding hydrogens is 374 g/mol. The van der Waals surface area contributed by atoms with Crippen molar-refractivity contribution in [1.29, 1.82) is 0 Å². The Hall–Kier alpha value is -3.54. The summed E-state index contributed by atoms with van der Waals surface area (Å²) in [6, 6.07) is 22.7. The minimum Gasteiger partial charge on any atom is -0.487 e. The van der Waals surface area contributed by atoms with E-state index in [1.165, 1.54) is 11.1 Å². The van der Waals surface area contributed by atoms with Gasteiger partial charge in [-0.2, -0.15) is 0 Å². The Labute approximate surface area is 176 Å². The number of ether oxygens (including phenoxy) is 1. The van der Waals surface area contributed by atoms with Crippen LogP contribution in [0.5, 0.6) is 5.75 Å². The Bertz CT molecular complexity index is 1070. The molecule has 0 bridgehead atoms. The van der Waals surface area contributed by atoms with Gasteiger partial charge in [-0.05, 0) is 51.7 Å². The monoisotopic (exact) mass is 399 g/mol. The summed E-state index contributed by atoms with van der Waals surface area (Å²) < 4.78 is 7.56. The lowest BCUT2D eigenvalue weighted by molar-refractivity contribution is 0.301. The van der Waals surface area contributed by atoms with Gasteiger partial charge >= 0.3 is 0 Å². The van der Waals surface area contributed by atoms with Crippen LogP contribution in [0.25, 0.3) is 11.4 Å². The first-order chi connectivity index (χ1) is 14.6. The van der Waals surface area contributed by atoms with E-state index in [0.29, 0.717) is 18.4 Å². The molecule has 0 aliphatic rings. The van der Waals surface area contributed by atoms with Gasteiger partial charge in [-0.1, -0.05) is 56.3 Å². The summed E-state index contributed by atoms with van der Waals surface area (Å²) >= 11 is 0. The van der Waals surface area contributed by atoms with Crippen LogP contribution >= 0.6 is 0 Å². The summed E-state index contributed by atoms with van der Waals surface area (Å²) in [5.74, 6) is 2.35. The molecule has 0 spiro atoms. The van der Waals surface area contributed by atoms with Crippen LogP contribution in [-0.4, -0.2) is 25.2 Å². The fourth-order valence-corrected chi connectivity index (χ4v) is 3.69. The molecule has 0 aliphatic heterocycles. The quantitative estimate of drug-likeness (QED) is 0.453. The van der Waals surface area contributed by atoms with Crippen LogP contribution in [0.15, 0.2) is 72.9 Å². The van der Waals surface area contributed by atoms with Crippen molar-refractivity contribution < 1.29 is 4.74 Å². The highest BCUT2D eigenvalue weighted by Crippen LogP contribution is 2.33. The molecule has 0 radical (unpaired) electrons. The highest BCUT2D eigenvalue weighted by molar-refractivity contribution is 5.55. The van der Waals surface area contributed by atoms with Gasteiger partial charge in [-0.25, -0.2) is 4.68 Å². The summed E-state index contributed by atoms with van der Waals surface area (Å²) in [5.41, 5.74) is 4.46. The smallest absolute Gasteiger partial charge is 0.181 e. The van der Waals surface area contributed by atoms with Crippen LogP contribution in [0.1, 0.15) is 36.6 Å².